The summed E-state index contributed by atoms with van der Waals surface area (Å²) < 4.78 is 11.4. The maximum absolute atomic E-state index is 5.98. The number of benzene rings is 1. The lowest BCUT2D eigenvalue weighted by Crippen LogP contribution is -2.46. The number of ether oxygens (including phenoxy) is 2. The zero-order valence-corrected chi connectivity index (χ0v) is 12.2. The number of aryl methyl sites for hydroxylation is 1. The molecule has 20 heavy (non-hydrogen) atoms. The fraction of sp³-hybridized carbons (Fsp3) is 0.625. The summed E-state index contributed by atoms with van der Waals surface area (Å²) in [4.78, 5) is 2.52. The molecular formula is C16H24N2O2. The van der Waals surface area contributed by atoms with Crippen LogP contribution < -0.4 is 5.73 Å². The summed E-state index contributed by atoms with van der Waals surface area (Å²) >= 11 is 0. The highest BCUT2D eigenvalue weighted by Gasteiger charge is 2.32. The van der Waals surface area contributed by atoms with Crippen molar-refractivity contribution >= 4 is 5.69 Å². The van der Waals surface area contributed by atoms with Crippen LogP contribution in [0.3, 0.4) is 0 Å². The zero-order chi connectivity index (χ0) is 13.9. The second-order valence-electron chi connectivity index (χ2n) is 5.72. The molecule has 110 valence electrons. The normalized spacial score (nSPS) is 27.9. The van der Waals surface area contributed by atoms with Gasteiger partial charge in [0.1, 0.15) is 0 Å². The van der Waals surface area contributed by atoms with Crippen molar-refractivity contribution in [1.82, 2.24) is 4.90 Å². The van der Waals surface area contributed by atoms with Gasteiger partial charge in [-0.1, -0.05) is 6.07 Å². The van der Waals surface area contributed by atoms with Crippen molar-refractivity contribution < 1.29 is 9.47 Å². The highest BCUT2D eigenvalue weighted by atomic mass is 16.5. The van der Waals surface area contributed by atoms with E-state index in [9.17, 15) is 0 Å². The Kier molecular flexibility index (Phi) is 4.24. The molecule has 2 N–H and O–H groups in total. The van der Waals surface area contributed by atoms with Crippen molar-refractivity contribution in [3.8, 4) is 0 Å². The lowest BCUT2D eigenvalue weighted by atomic mass is 9.96. The highest BCUT2D eigenvalue weighted by molar-refractivity contribution is 5.46. The van der Waals surface area contributed by atoms with Gasteiger partial charge in [-0.15, -0.1) is 0 Å². The van der Waals surface area contributed by atoms with E-state index in [1.54, 1.807) is 0 Å². The molecule has 1 aliphatic carbocycles. The SMILES string of the molecule is COC1c2cc(N)ccc2CCCC1N1CCOCC1. The summed E-state index contributed by atoms with van der Waals surface area (Å²) in [6.07, 6.45) is 3.62. The Labute approximate surface area is 120 Å². The van der Waals surface area contributed by atoms with Crippen LogP contribution in [0.1, 0.15) is 30.1 Å². The Morgan fingerprint density at radius 3 is 2.85 bits per heavy atom. The van der Waals surface area contributed by atoms with Crippen LogP contribution in [-0.2, 0) is 15.9 Å². The smallest absolute Gasteiger partial charge is 0.0979 e. The molecule has 2 aliphatic rings. The first kappa shape index (κ1) is 13.9. The molecule has 0 bridgehead atoms. The van der Waals surface area contributed by atoms with Crippen LogP contribution in [0.5, 0.6) is 0 Å². The number of nitrogen functional groups attached to an aromatic ring is 1. The van der Waals surface area contributed by atoms with E-state index in [1.807, 2.05) is 13.2 Å². The number of nitrogens with zero attached hydrogens (tertiary/aromatic N) is 1. The largest absolute Gasteiger partial charge is 0.399 e. The average molecular weight is 276 g/mol. The van der Waals surface area contributed by atoms with E-state index in [2.05, 4.69) is 17.0 Å². The number of hydrogen-bond acceptors (Lipinski definition) is 4. The van der Waals surface area contributed by atoms with Crippen LogP contribution in [0, 0.1) is 0 Å². The van der Waals surface area contributed by atoms with Gasteiger partial charge in [0.2, 0.25) is 0 Å². The van der Waals surface area contributed by atoms with E-state index in [-0.39, 0.29) is 6.10 Å². The van der Waals surface area contributed by atoms with E-state index in [0.717, 1.165) is 38.4 Å². The number of anilines is 1. The topological polar surface area (TPSA) is 47.7 Å². The molecule has 0 radical (unpaired) electrons. The number of methoxy groups -OCH3 is 1. The summed E-state index contributed by atoms with van der Waals surface area (Å²) in [5, 5.41) is 0. The molecule has 0 aromatic heterocycles. The number of rotatable bonds is 2. The van der Waals surface area contributed by atoms with Gasteiger partial charge in [0, 0.05) is 31.9 Å². The van der Waals surface area contributed by atoms with Crippen LogP contribution in [0.4, 0.5) is 5.69 Å². The van der Waals surface area contributed by atoms with Crippen LogP contribution >= 0.6 is 0 Å². The predicted octanol–water partition coefficient (Wildman–Crippen LogP) is 1.99. The van der Waals surface area contributed by atoms with E-state index in [0.29, 0.717) is 6.04 Å². The lowest BCUT2D eigenvalue weighted by molar-refractivity contribution is -0.0384. The van der Waals surface area contributed by atoms with E-state index >= 15 is 0 Å². The van der Waals surface area contributed by atoms with Gasteiger partial charge in [0.15, 0.2) is 0 Å². The molecule has 1 saturated heterocycles. The molecule has 1 aliphatic heterocycles. The number of nitrogens with two attached hydrogens (primary N) is 1. The first-order valence-electron chi connectivity index (χ1n) is 7.52. The van der Waals surface area contributed by atoms with Crippen LogP contribution in [0.25, 0.3) is 0 Å². The molecule has 1 aromatic carbocycles. The summed E-state index contributed by atoms with van der Waals surface area (Å²) in [6, 6.07) is 6.70. The minimum absolute atomic E-state index is 0.120. The van der Waals surface area contributed by atoms with Crippen LogP contribution in [0.15, 0.2) is 18.2 Å². The lowest BCUT2D eigenvalue weighted by Gasteiger charge is -2.38. The van der Waals surface area contributed by atoms with Crippen molar-refractivity contribution in [2.75, 3.05) is 39.1 Å². The van der Waals surface area contributed by atoms with E-state index in [1.165, 1.54) is 24.0 Å². The molecule has 1 heterocycles. The van der Waals surface area contributed by atoms with Gasteiger partial charge in [0.05, 0.1) is 19.3 Å². The van der Waals surface area contributed by atoms with Gasteiger partial charge in [-0.2, -0.15) is 0 Å². The molecule has 1 aromatic rings. The molecule has 0 amide bonds. The molecule has 4 heteroatoms. The summed E-state index contributed by atoms with van der Waals surface area (Å²) in [6.45, 7) is 3.66. The Morgan fingerprint density at radius 2 is 2.10 bits per heavy atom. The van der Waals surface area contributed by atoms with E-state index in [4.69, 9.17) is 15.2 Å². The molecule has 4 nitrogen and oxygen atoms in total. The second kappa shape index (κ2) is 6.12. The molecule has 0 spiro atoms. The Balaban J connectivity index is 1.91. The third-order valence-electron chi connectivity index (χ3n) is 4.54. The van der Waals surface area contributed by atoms with Crippen LogP contribution in [0.2, 0.25) is 0 Å². The molecule has 2 atom stereocenters. The summed E-state index contributed by atoms with van der Waals surface area (Å²) in [5.41, 5.74) is 9.48. The van der Waals surface area contributed by atoms with Gasteiger partial charge >= 0.3 is 0 Å². The van der Waals surface area contributed by atoms with E-state index < -0.39 is 0 Å². The standard InChI is InChI=1S/C16H24N2O2/c1-19-16-14-11-13(17)6-5-12(14)3-2-4-15(16)18-7-9-20-10-8-18/h5-6,11,15-16H,2-4,7-10,17H2,1H3. The minimum Gasteiger partial charge on any atom is -0.399 e. The maximum atomic E-state index is 5.98. The van der Waals surface area contributed by atoms with Crippen molar-refractivity contribution in [3.05, 3.63) is 29.3 Å². The predicted molar refractivity (Wildman–Crippen MR) is 79.7 cm³/mol. The van der Waals surface area contributed by atoms with Gasteiger partial charge in [-0.05, 0) is 42.5 Å². The van der Waals surface area contributed by atoms with Crippen molar-refractivity contribution in [2.24, 2.45) is 0 Å². The third-order valence-corrected chi connectivity index (χ3v) is 4.54. The third kappa shape index (κ3) is 2.68. The van der Waals surface area contributed by atoms with Crippen LogP contribution in [-0.4, -0.2) is 44.4 Å². The Bertz CT molecular complexity index is 458. The monoisotopic (exact) mass is 276 g/mol. The number of morpholine rings is 1. The number of fused-ring (bicyclic) bond motifs is 1. The quantitative estimate of drug-likeness (QED) is 0.663. The molecule has 2 unspecified atom stereocenters. The van der Waals surface area contributed by atoms with Gasteiger partial charge in [-0.3, -0.25) is 4.90 Å². The summed E-state index contributed by atoms with van der Waals surface area (Å²) in [7, 11) is 1.82. The fourth-order valence-corrected chi connectivity index (χ4v) is 3.53. The van der Waals surface area contributed by atoms with Gasteiger partial charge in [0.25, 0.3) is 0 Å². The average Bonchev–Trinajstić information content (AvgIpc) is 2.66. The molecule has 0 saturated carbocycles. The van der Waals surface area contributed by atoms with Crippen molar-refractivity contribution in [3.63, 3.8) is 0 Å². The van der Waals surface area contributed by atoms with Gasteiger partial charge < -0.3 is 15.2 Å². The first-order chi connectivity index (χ1) is 9.79. The number of hydrogen-bond donors (Lipinski definition) is 1. The highest BCUT2D eigenvalue weighted by Crippen LogP contribution is 2.35. The Morgan fingerprint density at radius 1 is 1.30 bits per heavy atom. The first-order valence-corrected chi connectivity index (χ1v) is 7.52. The maximum Gasteiger partial charge on any atom is 0.0979 e. The second-order valence-corrected chi connectivity index (χ2v) is 5.72. The zero-order valence-electron chi connectivity index (χ0n) is 12.2. The van der Waals surface area contributed by atoms with Crippen molar-refractivity contribution in [1.29, 1.82) is 0 Å². The Hall–Kier alpha value is -1.10. The molecule has 3 rings (SSSR count). The minimum atomic E-state index is 0.120. The van der Waals surface area contributed by atoms with Gasteiger partial charge in [-0.25, -0.2) is 0 Å². The molecular weight excluding hydrogens is 252 g/mol. The molecule has 1 fully saturated rings. The fourth-order valence-electron chi connectivity index (χ4n) is 3.53. The summed E-state index contributed by atoms with van der Waals surface area (Å²) in [5.74, 6) is 0. The van der Waals surface area contributed by atoms with Crippen molar-refractivity contribution in [2.45, 2.75) is 31.4 Å².